The number of hydrogen-bond acceptors (Lipinski definition) is 6. The predicted octanol–water partition coefficient (Wildman–Crippen LogP) is 1.47. The average molecular weight is 402 g/mol. The van der Waals surface area contributed by atoms with E-state index in [9.17, 15) is 22.6 Å². The quantitative estimate of drug-likeness (QED) is 0.405. The topological polar surface area (TPSA) is 107 Å². The molecule has 0 saturated carbocycles. The van der Waals surface area contributed by atoms with Crippen molar-refractivity contribution in [3.8, 4) is 0 Å². The van der Waals surface area contributed by atoms with Gasteiger partial charge in [-0.05, 0) is 11.1 Å². The molecule has 1 atom stereocenters. The Kier molecular flexibility index (Phi) is 9.68. The van der Waals surface area contributed by atoms with Crippen LogP contribution in [0.25, 0.3) is 0 Å². The van der Waals surface area contributed by atoms with Gasteiger partial charge in [0, 0.05) is 0 Å². The summed E-state index contributed by atoms with van der Waals surface area (Å²) in [5.74, 6) is -2.15. The van der Waals surface area contributed by atoms with Gasteiger partial charge < -0.3 is 9.47 Å². The van der Waals surface area contributed by atoms with E-state index in [4.69, 9.17) is 9.47 Å². The number of rotatable bonds is 8. The molecular formula is C18H19NaO7S. The van der Waals surface area contributed by atoms with Gasteiger partial charge in [-0.1, -0.05) is 60.7 Å². The van der Waals surface area contributed by atoms with Gasteiger partial charge in [-0.15, -0.1) is 0 Å². The van der Waals surface area contributed by atoms with Crippen LogP contribution in [0, 0.1) is 0 Å². The molecule has 1 N–H and O–H groups in total. The van der Waals surface area contributed by atoms with E-state index in [-0.39, 0.29) is 42.8 Å². The summed E-state index contributed by atoms with van der Waals surface area (Å²) >= 11 is 0. The molecule has 0 saturated heterocycles. The first-order chi connectivity index (χ1) is 12.4. The van der Waals surface area contributed by atoms with Crippen molar-refractivity contribution in [2.75, 3.05) is 0 Å². The minimum atomic E-state index is -4.82. The molecule has 0 amide bonds. The van der Waals surface area contributed by atoms with Crippen molar-refractivity contribution in [3.63, 3.8) is 0 Å². The molecule has 0 aliphatic carbocycles. The van der Waals surface area contributed by atoms with Crippen molar-refractivity contribution < 1.29 is 32.0 Å². The maximum atomic E-state index is 12.0. The van der Waals surface area contributed by atoms with Gasteiger partial charge in [-0.3, -0.25) is 14.1 Å². The molecule has 0 radical (unpaired) electrons. The number of ether oxygens (including phenoxy) is 2. The van der Waals surface area contributed by atoms with Crippen molar-refractivity contribution in [2.24, 2.45) is 0 Å². The SMILES string of the molecule is O=C(CC(C(=O)OCc1ccccc1)S(=O)(=O)O)OCc1ccccc1.[NaH]. The van der Waals surface area contributed by atoms with Crippen LogP contribution in [-0.2, 0) is 42.4 Å². The maximum absolute atomic E-state index is 12.0. The van der Waals surface area contributed by atoms with Gasteiger partial charge in [-0.2, -0.15) is 8.42 Å². The van der Waals surface area contributed by atoms with E-state index in [0.717, 1.165) is 0 Å². The van der Waals surface area contributed by atoms with Gasteiger partial charge in [0.1, 0.15) is 13.2 Å². The molecular weight excluding hydrogens is 383 g/mol. The molecule has 140 valence electrons. The van der Waals surface area contributed by atoms with Crippen LogP contribution in [-0.4, -0.2) is 59.7 Å². The standard InChI is InChI=1S/C18H18O7S.Na.H/c19-17(24-12-14-7-3-1-4-8-14)11-16(26(21,22)23)18(20)25-13-15-9-5-2-6-10-15;;/h1-10,16H,11-13H2,(H,21,22,23);;. The molecule has 2 aromatic rings. The zero-order chi connectivity index (χ0) is 19.0. The molecule has 0 aliphatic heterocycles. The fourth-order valence-electron chi connectivity index (χ4n) is 2.08. The van der Waals surface area contributed by atoms with Gasteiger partial charge in [0.05, 0.1) is 6.42 Å². The third kappa shape index (κ3) is 8.23. The second-order valence-corrected chi connectivity index (χ2v) is 7.05. The molecule has 2 aromatic carbocycles. The van der Waals surface area contributed by atoms with Gasteiger partial charge in [0.15, 0.2) is 5.25 Å². The molecule has 9 heteroatoms. The molecule has 7 nitrogen and oxygen atoms in total. The van der Waals surface area contributed by atoms with E-state index >= 15 is 0 Å². The van der Waals surface area contributed by atoms with Crippen molar-refractivity contribution in [1.82, 2.24) is 0 Å². The molecule has 0 heterocycles. The Hall–Kier alpha value is -1.71. The zero-order valence-corrected chi connectivity index (χ0v) is 14.6. The van der Waals surface area contributed by atoms with Crippen LogP contribution in [0.4, 0.5) is 0 Å². The normalized spacial score (nSPS) is 11.7. The Morgan fingerprint density at radius 2 is 1.30 bits per heavy atom. The van der Waals surface area contributed by atoms with Crippen LogP contribution >= 0.6 is 0 Å². The third-order valence-electron chi connectivity index (χ3n) is 3.44. The minimum absolute atomic E-state index is 0. The molecule has 0 bridgehead atoms. The molecule has 1 unspecified atom stereocenters. The summed E-state index contributed by atoms with van der Waals surface area (Å²) in [7, 11) is -4.82. The van der Waals surface area contributed by atoms with Crippen molar-refractivity contribution in [3.05, 3.63) is 71.8 Å². The number of esters is 2. The van der Waals surface area contributed by atoms with E-state index < -0.39 is 33.7 Å². The summed E-state index contributed by atoms with van der Waals surface area (Å²) in [6.45, 7) is -0.248. The summed E-state index contributed by atoms with van der Waals surface area (Å²) < 4.78 is 42.0. The summed E-state index contributed by atoms with van der Waals surface area (Å²) in [4.78, 5) is 23.9. The van der Waals surface area contributed by atoms with E-state index in [0.29, 0.717) is 11.1 Å². The first-order valence-electron chi connectivity index (χ1n) is 7.72. The Labute approximate surface area is 179 Å². The van der Waals surface area contributed by atoms with Gasteiger partial charge in [0.25, 0.3) is 10.1 Å². The van der Waals surface area contributed by atoms with Crippen LogP contribution in [0.3, 0.4) is 0 Å². The van der Waals surface area contributed by atoms with E-state index in [2.05, 4.69) is 0 Å². The number of hydrogen-bond donors (Lipinski definition) is 1. The molecule has 0 fully saturated rings. The molecule has 0 aliphatic rings. The summed E-state index contributed by atoms with van der Waals surface area (Å²) in [6.07, 6.45) is -0.834. The van der Waals surface area contributed by atoms with Gasteiger partial charge in [0.2, 0.25) is 0 Å². The summed E-state index contributed by atoms with van der Waals surface area (Å²) in [5.41, 5.74) is 1.34. The molecule has 27 heavy (non-hydrogen) atoms. The van der Waals surface area contributed by atoms with E-state index in [1.807, 2.05) is 0 Å². The van der Waals surface area contributed by atoms with Crippen LogP contribution in [0.1, 0.15) is 17.5 Å². The average Bonchev–Trinajstić information content (AvgIpc) is 2.63. The van der Waals surface area contributed by atoms with Crippen LogP contribution in [0.15, 0.2) is 60.7 Å². The van der Waals surface area contributed by atoms with Crippen molar-refractivity contribution >= 4 is 51.6 Å². The Balaban J connectivity index is 0.00000364. The van der Waals surface area contributed by atoms with Crippen molar-refractivity contribution in [2.45, 2.75) is 24.9 Å². The van der Waals surface area contributed by atoms with Gasteiger partial charge in [-0.25, -0.2) is 0 Å². The zero-order valence-electron chi connectivity index (χ0n) is 13.8. The predicted molar refractivity (Wildman–Crippen MR) is 99.6 cm³/mol. The second-order valence-electron chi connectivity index (χ2n) is 5.45. The Bertz CT molecular complexity index is 839. The van der Waals surface area contributed by atoms with Gasteiger partial charge >= 0.3 is 41.5 Å². The first kappa shape index (κ1) is 23.3. The third-order valence-corrected chi connectivity index (χ3v) is 4.52. The fourth-order valence-corrected chi connectivity index (χ4v) is 2.74. The molecule has 2 rings (SSSR count). The summed E-state index contributed by atoms with van der Waals surface area (Å²) in [6, 6.07) is 17.3. The summed E-state index contributed by atoms with van der Waals surface area (Å²) in [5, 5.41) is -2.03. The van der Waals surface area contributed by atoms with Crippen molar-refractivity contribution in [1.29, 1.82) is 0 Å². The van der Waals surface area contributed by atoms with E-state index in [1.54, 1.807) is 60.7 Å². The Morgan fingerprint density at radius 1 is 0.852 bits per heavy atom. The monoisotopic (exact) mass is 402 g/mol. The van der Waals surface area contributed by atoms with Crippen LogP contribution in [0.5, 0.6) is 0 Å². The molecule has 0 aromatic heterocycles. The number of carbonyl (C=O) groups excluding carboxylic acids is 2. The Morgan fingerprint density at radius 3 is 1.74 bits per heavy atom. The van der Waals surface area contributed by atoms with E-state index in [1.165, 1.54) is 0 Å². The number of carbonyl (C=O) groups is 2. The van der Waals surface area contributed by atoms with Crippen LogP contribution < -0.4 is 0 Å². The first-order valence-corrected chi connectivity index (χ1v) is 9.23. The second kappa shape index (κ2) is 11.2. The van der Waals surface area contributed by atoms with Crippen LogP contribution in [0.2, 0.25) is 0 Å². The molecule has 0 spiro atoms. The fraction of sp³-hybridized carbons (Fsp3) is 0.222. The number of benzene rings is 2.